The molecular formula is C29H38N4O3S. The van der Waals surface area contributed by atoms with Gasteiger partial charge in [0.1, 0.15) is 5.60 Å². The zero-order valence-electron chi connectivity index (χ0n) is 22.7. The molecule has 8 heteroatoms. The molecule has 2 amide bonds. The summed E-state index contributed by atoms with van der Waals surface area (Å²) < 4.78 is 5.24. The van der Waals surface area contributed by atoms with Crippen LogP contribution in [0.2, 0.25) is 0 Å². The molecule has 7 nitrogen and oxygen atoms in total. The highest BCUT2D eigenvalue weighted by atomic mass is 32.1. The Balaban J connectivity index is 1.50. The van der Waals surface area contributed by atoms with Gasteiger partial charge in [-0.25, -0.2) is 9.78 Å². The molecule has 0 aliphatic rings. The van der Waals surface area contributed by atoms with E-state index in [1.807, 2.05) is 45.0 Å². The maximum atomic E-state index is 11.8. The molecule has 0 radical (unpaired) electrons. The van der Waals surface area contributed by atoms with Gasteiger partial charge in [-0.05, 0) is 82.0 Å². The lowest BCUT2D eigenvalue weighted by atomic mass is 9.96. The summed E-state index contributed by atoms with van der Waals surface area (Å²) >= 11 is 1.66. The Morgan fingerprint density at radius 3 is 2.32 bits per heavy atom. The van der Waals surface area contributed by atoms with Crippen LogP contribution in [-0.2, 0) is 17.6 Å². The van der Waals surface area contributed by atoms with Gasteiger partial charge in [0.2, 0.25) is 0 Å². The number of carbonyl (C=O) groups is 2. The molecule has 0 spiro atoms. The van der Waals surface area contributed by atoms with Crippen molar-refractivity contribution in [2.24, 2.45) is 0 Å². The van der Waals surface area contributed by atoms with Crippen LogP contribution in [0.25, 0.3) is 11.3 Å². The zero-order valence-corrected chi connectivity index (χ0v) is 23.5. The van der Waals surface area contributed by atoms with E-state index in [9.17, 15) is 9.59 Å². The summed E-state index contributed by atoms with van der Waals surface area (Å²) in [7, 11) is 1.63. The highest BCUT2D eigenvalue weighted by Crippen LogP contribution is 2.26. The molecule has 0 fully saturated rings. The van der Waals surface area contributed by atoms with Crippen LogP contribution < -0.4 is 16.0 Å². The summed E-state index contributed by atoms with van der Waals surface area (Å²) in [5.74, 6) is -0.0919. The fraction of sp³-hybridized carbons (Fsp3) is 0.414. The monoisotopic (exact) mass is 522 g/mol. The number of ether oxygens (including phenoxy) is 1. The second-order valence-corrected chi connectivity index (χ2v) is 11.0. The quantitative estimate of drug-likeness (QED) is 0.325. The predicted molar refractivity (Wildman–Crippen MR) is 150 cm³/mol. The van der Waals surface area contributed by atoms with Gasteiger partial charge >= 0.3 is 6.09 Å². The van der Waals surface area contributed by atoms with E-state index in [2.05, 4.69) is 47.3 Å². The van der Waals surface area contributed by atoms with Crippen LogP contribution in [0.5, 0.6) is 0 Å². The van der Waals surface area contributed by atoms with Gasteiger partial charge in [0.05, 0.1) is 10.7 Å². The van der Waals surface area contributed by atoms with E-state index in [1.165, 1.54) is 22.3 Å². The van der Waals surface area contributed by atoms with Crippen LogP contribution in [0.3, 0.4) is 0 Å². The average molecular weight is 523 g/mol. The molecule has 0 bridgehead atoms. The first-order valence-electron chi connectivity index (χ1n) is 12.6. The lowest BCUT2D eigenvalue weighted by molar-refractivity contribution is 0.0528. The lowest BCUT2D eigenvalue weighted by Gasteiger charge is -2.19. The highest BCUT2D eigenvalue weighted by molar-refractivity contribution is 7.10. The third-order valence-electron chi connectivity index (χ3n) is 5.90. The Morgan fingerprint density at radius 1 is 0.973 bits per heavy atom. The molecule has 0 aliphatic heterocycles. The molecule has 0 atom stereocenters. The molecule has 3 rings (SSSR count). The van der Waals surface area contributed by atoms with E-state index in [-0.39, 0.29) is 12.0 Å². The molecule has 3 N–H and O–H groups in total. The van der Waals surface area contributed by atoms with E-state index >= 15 is 0 Å². The fourth-order valence-corrected chi connectivity index (χ4v) is 4.76. The van der Waals surface area contributed by atoms with E-state index in [0.717, 1.165) is 35.7 Å². The molecule has 1 aromatic heterocycles. The summed E-state index contributed by atoms with van der Waals surface area (Å²) in [6.07, 6.45) is 1.33. The number of hydrogen-bond donors (Lipinski definition) is 3. The summed E-state index contributed by atoms with van der Waals surface area (Å²) in [6.45, 7) is 11.9. The Morgan fingerprint density at radius 2 is 1.65 bits per heavy atom. The topological polar surface area (TPSA) is 92.4 Å². The van der Waals surface area contributed by atoms with E-state index < -0.39 is 5.60 Å². The molecule has 0 saturated carbocycles. The Bertz CT molecular complexity index is 1210. The minimum absolute atomic E-state index is 0.0919. The number of carbonyl (C=O) groups excluding carboxylic acids is 2. The molecule has 0 saturated heterocycles. The van der Waals surface area contributed by atoms with Gasteiger partial charge in [0.25, 0.3) is 5.91 Å². The fourth-order valence-electron chi connectivity index (χ4n) is 3.94. The van der Waals surface area contributed by atoms with Gasteiger partial charge < -0.3 is 20.7 Å². The third kappa shape index (κ3) is 8.68. The number of rotatable bonds is 10. The number of benzene rings is 2. The number of aromatic nitrogens is 1. The molecule has 0 unspecified atom stereocenters. The zero-order chi connectivity index (χ0) is 27.0. The number of thiazole rings is 1. The standard InChI is InChI=1S/C29H38N4O3S/c1-19-16-24(17-26-33-25(18-37-26)21-7-9-22(10-8-21)27(34)30-6)20(2)15-23(19)11-12-31-13-14-32-28(35)36-29(3,4)5/h7-10,15-16,18,31H,11-14,17H2,1-6H3,(H,30,34)(H,32,35). The van der Waals surface area contributed by atoms with Gasteiger partial charge in [-0.15, -0.1) is 11.3 Å². The van der Waals surface area contributed by atoms with Crippen LogP contribution in [0, 0.1) is 13.8 Å². The number of nitrogens with one attached hydrogen (secondary N) is 3. The van der Waals surface area contributed by atoms with Gasteiger partial charge in [-0.1, -0.05) is 24.3 Å². The largest absolute Gasteiger partial charge is 0.444 e. The van der Waals surface area contributed by atoms with Gasteiger partial charge in [0, 0.05) is 43.1 Å². The van der Waals surface area contributed by atoms with Crippen molar-refractivity contribution >= 4 is 23.3 Å². The molecule has 37 heavy (non-hydrogen) atoms. The highest BCUT2D eigenvalue weighted by Gasteiger charge is 2.15. The summed E-state index contributed by atoms with van der Waals surface area (Å²) in [6, 6.07) is 12.1. The first-order valence-corrected chi connectivity index (χ1v) is 13.5. The van der Waals surface area contributed by atoms with Crippen LogP contribution in [0.1, 0.15) is 58.4 Å². The molecule has 198 valence electrons. The maximum Gasteiger partial charge on any atom is 0.407 e. The Hall–Kier alpha value is -3.23. The maximum absolute atomic E-state index is 11.8. The van der Waals surface area contributed by atoms with Crippen LogP contribution in [0.4, 0.5) is 4.79 Å². The van der Waals surface area contributed by atoms with Crippen molar-refractivity contribution in [3.05, 3.63) is 74.6 Å². The summed E-state index contributed by atoms with van der Waals surface area (Å²) in [5, 5.41) is 11.9. The lowest BCUT2D eigenvalue weighted by Crippen LogP contribution is -2.36. The van der Waals surface area contributed by atoms with Crippen molar-refractivity contribution < 1.29 is 14.3 Å². The first-order chi connectivity index (χ1) is 17.6. The molecule has 2 aromatic carbocycles. The Labute approximate surface area is 224 Å². The van der Waals surface area contributed by atoms with Crippen molar-refractivity contribution in [3.63, 3.8) is 0 Å². The second kappa shape index (κ2) is 12.8. The third-order valence-corrected chi connectivity index (χ3v) is 6.75. The summed E-state index contributed by atoms with van der Waals surface area (Å²) in [5.41, 5.74) is 7.24. The molecule has 3 aromatic rings. The van der Waals surface area contributed by atoms with Crippen molar-refractivity contribution in [2.75, 3.05) is 26.7 Å². The van der Waals surface area contributed by atoms with Gasteiger partial charge in [-0.3, -0.25) is 4.79 Å². The van der Waals surface area contributed by atoms with Crippen LogP contribution >= 0.6 is 11.3 Å². The van der Waals surface area contributed by atoms with E-state index in [1.54, 1.807) is 18.4 Å². The minimum Gasteiger partial charge on any atom is -0.444 e. The van der Waals surface area contributed by atoms with Crippen molar-refractivity contribution in [3.8, 4) is 11.3 Å². The number of aryl methyl sites for hydroxylation is 2. The van der Waals surface area contributed by atoms with Crippen molar-refractivity contribution in [2.45, 2.75) is 53.1 Å². The van der Waals surface area contributed by atoms with E-state index in [4.69, 9.17) is 9.72 Å². The SMILES string of the molecule is CNC(=O)c1ccc(-c2csc(Cc3cc(C)c(CCNCCNC(=O)OC(C)(C)C)cc3C)n2)cc1. The minimum atomic E-state index is -0.484. The van der Waals surface area contributed by atoms with Crippen LogP contribution in [-0.4, -0.2) is 49.3 Å². The van der Waals surface area contributed by atoms with E-state index in [0.29, 0.717) is 18.7 Å². The second-order valence-electron chi connectivity index (χ2n) is 10.1. The number of amides is 2. The van der Waals surface area contributed by atoms with Crippen molar-refractivity contribution in [1.82, 2.24) is 20.9 Å². The number of hydrogen-bond acceptors (Lipinski definition) is 6. The van der Waals surface area contributed by atoms with Crippen molar-refractivity contribution in [1.29, 1.82) is 0 Å². The smallest absolute Gasteiger partial charge is 0.407 e. The number of alkyl carbamates (subject to hydrolysis) is 1. The normalized spacial score (nSPS) is 11.3. The van der Waals surface area contributed by atoms with Gasteiger partial charge in [-0.2, -0.15) is 0 Å². The average Bonchev–Trinajstić information content (AvgIpc) is 3.31. The Kier molecular flexibility index (Phi) is 9.83. The number of nitrogens with zero attached hydrogens (tertiary/aromatic N) is 1. The molecular weight excluding hydrogens is 484 g/mol. The predicted octanol–water partition coefficient (Wildman–Crippen LogP) is 5.03. The summed E-state index contributed by atoms with van der Waals surface area (Å²) in [4.78, 5) is 28.3. The van der Waals surface area contributed by atoms with Crippen LogP contribution in [0.15, 0.2) is 41.8 Å². The molecule has 1 heterocycles. The molecule has 0 aliphatic carbocycles. The first kappa shape index (κ1) is 28.3. The van der Waals surface area contributed by atoms with Gasteiger partial charge in [0.15, 0.2) is 0 Å².